The number of rotatable bonds is 11. The van der Waals surface area contributed by atoms with E-state index in [1.807, 2.05) is 25.2 Å². The Hall–Kier alpha value is -2.98. The summed E-state index contributed by atoms with van der Waals surface area (Å²) in [6.45, 7) is 10.2. The smallest absolute Gasteiger partial charge is 0.243 e. The zero-order valence-electron chi connectivity index (χ0n) is 19.9. The normalized spacial score (nSPS) is 18.9. The van der Waals surface area contributed by atoms with E-state index in [4.69, 9.17) is 10.5 Å². The molecule has 5 N–H and O–H groups in total. The van der Waals surface area contributed by atoms with E-state index in [0.717, 1.165) is 32.5 Å². The topological polar surface area (TPSA) is 129 Å². The van der Waals surface area contributed by atoms with Gasteiger partial charge in [0.25, 0.3) is 0 Å². The predicted molar refractivity (Wildman–Crippen MR) is 134 cm³/mol. The van der Waals surface area contributed by atoms with Crippen molar-refractivity contribution in [2.75, 3.05) is 46.4 Å². The molecule has 1 aliphatic rings. The van der Waals surface area contributed by atoms with Crippen molar-refractivity contribution < 1.29 is 9.53 Å². The summed E-state index contributed by atoms with van der Waals surface area (Å²) in [5, 5.41) is 8.64. The van der Waals surface area contributed by atoms with Crippen LogP contribution in [0, 0.1) is 0 Å². The Labute approximate surface area is 192 Å². The molecule has 0 fully saturated rings. The molecule has 0 unspecified atom stereocenters. The third kappa shape index (κ3) is 17.8. The highest BCUT2D eigenvalue weighted by atomic mass is 16.5. The van der Waals surface area contributed by atoms with Crippen molar-refractivity contribution in [2.45, 2.75) is 33.6 Å². The molecule has 10 heteroatoms. The second-order valence-corrected chi connectivity index (χ2v) is 6.58. The third-order valence-electron chi connectivity index (χ3n) is 3.72. The monoisotopic (exact) mass is 448 g/mol. The minimum Gasteiger partial charge on any atom is -0.384 e. The molecule has 10 nitrogen and oxygen atoms in total. The van der Waals surface area contributed by atoms with Crippen molar-refractivity contribution in [3.63, 3.8) is 0 Å². The van der Waals surface area contributed by atoms with Gasteiger partial charge in [0, 0.05) is 45.4 Å². The first kappa shape index (κ1) is 29.0. The minimum absolute atomic E-state index is 0.159. The van der Waals surface area contributed by atoms with Gasteiger partial charge in [-0.2, -0.15) is 0 Å². The van der Waals surface area contributed by atoms with Crippen molar-refractivity contribution in [2.24, 2.45) is 20.7 Å². The van der Waals surface area contributed by atoms with Gasteiger partial charge in [-0.3, -0.25) is 14.8 Å². The summed E-state index contributed by atoms with van der Waals surface area (Å²) in [6, 6.07) is 0. The maximum Gasteiger partial charge on any atom is 0.243 e. The molecule has 1 heterocycles. The number of unbranched alkanes of at least 4 members (excludes halogenated alkanes) is 1. The Balaban J connectivity index is 0.00000118. The van der Waals surface area contributed by atoms with E-state index in [0.29, 0.717) is 19.0 Å². The van der Waals surface area contributed by atoms with E-state index in [-0.39, 0.29) is 18.3 Å². The molecule has 0 saturated carbocycles. The number of hydrogen-bond acceptors (Lipinski definition) is 7. The number of hydrogen-bond donors (Lipinski definition) is 4. The Bertz CT molecular complexity index is 665. The van der Waals surface area contributed by atoms with Crippen molar-refractivity contribution in [1.29, 1.82) is 0 Å². The highest BCUT2D eigenvalue weighted by Gasteiger charge is 2.08. The molecular formula is C22H40N8O2. The van der Waals surface area contributed by atoms with Gasteiger partial charge in [0.05, 0.1) is 19.5 Å². The second kappa shape index (κ2) is 21.3. The maximum absolute atomic E-state index is 11.9. The third-order valence-corrected chi connectivity index (χ3v) is 3.72. The summed E-state index contributed by atoms with van der Waals surface area (Å²) in [5.74, 6) is 0.523. The van der Waals surface area contributed by atoms with Gasteiger partial charge < -0.3 is 31.3 Å². The van der Waals surface area contributed by atoms with Gasteiger partial charge in [-0.1, -0.05) is 32.4 Å². The van der Waals surface area contributed by atoms with E-state index in [2.05, 4.69) is 44.8 Å². The number of nitrogens with zero attached hydrogens (tertiary/aromatic N) is 4. The molecule has 1 amide bonds. The van der Waals surface area contributed by atoms with Crippen LogP contribution in [-0.2, 0) is 9.53 Å². The number of methoxy groups -OCH3 is 1. The molecule has 0 aromatic rings. The first-order chi connectivity index (χ1) is 15.6. The number of carbonyl (C=O) groups is 1. The summed E-state index contributed by atoms with van der Waals surface area (Å²) >= 11 is 0. The zero-order valence-corrected chi connectivity index (χ0v) is 19.9. The Morgan fingerprint density at radius 2 is 2.22 bits per heavy atom. The number of ether oxygens (including phenoxy) is 1. The van der Waals surface area contributed by atoms with Crippen molar-refractivity contribution in [3.8, 4) is 0 Å². The fraction of sp³-hybridized carbons (Fsp3) is 0.545. The Morgan fingerprint density at radius 1 is 1.41 bits per heavy atom. The summed E-state index contributed by atoms with van der Waals surface area (Å²) in [5.41, 5.74) is 5.79. The predicted octanol–water partition coefficient (Wildman–Crippen LogP) is 1.35. The molecule has 32 heavy (non-hydrogen) atoms. The number of allylic oxidation sites excluding steroid dienone is 2. The highest BCUT2D eigenvalue weighted by Crippen LogP contribution is 1.93. The van der Waals surface area contributed by atoms with Gasteiger partial charge in [0.15, 0.2) is 0 Å². The molecule has 180 valence electrons. The molecule has 1 rings (SSSR count). The van der Waals surface area contributed by atoms with Crippen molar-refractivity contribution in [1.82, 2.24) is 20.9 Å². The van der Waals surface area contributed by atoms with Crippen LogP contribution in [0.5, 0.6) is 0 Å². The van der Waals surface area contributed by atoms with E-state index in [1.54, 1.807) is 30.8 Å². The summed E-state index contributed by atoms with van der Waals surface area (Å²) < 4.78 is 4.78. The Morgan fingerprint density at radius 3 is 2.91 bits per heavy atom. The van der Waals surface area contributed by atoms with Crippen LogP contribution in [-0.4, -0.2) is 75.8 Å². The van der Waals surface area contributed by atoms with Gasteiger partial charge in [-0.05, 0) is 26.0 Å². The molecule has 0 spiro atoms. The number of nitrogens with one attached hydrogen (secondary N) is 3. The van der Waals surface area contributed by atoms with Gasteiger partial charge in [0.2, 0.25) is 11.9 Å². The van der Waals surface area contributed by atoms with Crippen LogP contribution in [0.3, 0.4) is 0 Å². The molecule has 0 saturated heterocycles. The summed E-state index contributed by atoms with van der Waals surface area (Å²) in [7, 11) is 1.71. The largest absolute Gasteiger partial charge is 0.384 e. The first-order valence-electron chi connectivity index (χ1n) is 10.9. The van der Waals surface area contributed by atoms with E-state index in [1.165, 1.54) is 6.20 Å². The lowest BCUT2D eigenvalue weighted by Gasteiger charge is -2.18. The molecule has 0 aromatic carbocycles. The first-order valence-corrected chi connectivity index (χ1v) is 10.9. The zero-order chi connectivity index (χ0) is 23.9. The fourth-order valence-electron chi connectivity index (χ4n) is 2.09. The van der Waals surface area contributed by atoms with E-state index >= 15 is 0 Å². The van der Waals surface area contributed by atoms with Crippen LogP contribution in [0.1, 0.15) is 33.6 Å². The van der Waals surface area contributed by atoms with Crippen LogP contribution in [0.15, 0.2) is 51.4 Å². The lowest BCUT2D eigenvalue weighted by Crippen LogP contribution is -2.38. The van der Waals surface area contributed by atoms with Crippen LogP contribution in [0.4, 0.5) is 0 Å². The van der Waals surface area contributed by atoms with Crippen LogP contribution >= 0.6 is 0 Å². The van der Waals surface area contributed by atoms with Gasteiger partial charge >= 0.3 is 0 Å². The quantitative estimate of drug-likeness (QED) is 0.279. The van der Waals surface area contributed by atoms with E-state index in [9.17, 15) is 4.79 Å². The fourth-order valence-corrected chi connectivity index (χ4v) is 2.09. The SMILES string of the molecule is CCNCCOC.C\C=C/N=C/C=C/CN1/C=N/C(=NCCCC)N/C(N)=C/NC(=O)C1. The molecule has 1 aliphatic heterocycles. The number of nitrogens with two attached hydrogens (primary N) is 1. The van der Waals surface area contributed by atoms with Gasteiger partial charge in [-0.25, -0.2) is 4.99 Å². The van der Waals surface area contributed by atoms with Crippen molar-refractivity contribution in [3.05, 3.63) is 36.4 Å². The molecular weight excluding hydrogens is 408 g/mol. The Kier molecular flexibility index (Phi) is 19.3. The lowest BCUT2D eigenvalue weighted by atomic mass is 10.3. The highest BCUT2D eigenvalue weighted by molar-refractivity contribution is 5.90. The average molecular weight is 449 g/mol. The van der Waals surface area contributed by atoms with Gasteiger partial charge in [0.1, 0.15) is 5.82 Å². The number of carbonyl (C=O) groups excluding carboxylic acids is 1. The summed E-state index contributed by atoms with van der Waals surface area (Å²) in [4.78, 5) is 26.4. The molecule has 0 atom stereocenters. The minimum atomic E-state index is -0.182. The molecule has 0 aromatic heterocycles. The number of amides is 1. The number of likely N-dealkylation sites (N-methyl/N-ethyl adjacent to an activating group) is 1. The maximum atomic E-state index is 11.9. The number of guanidine groups is 1. The average Bonchev–Trinajstić information content (AvgIpc) is 2.78. The standard InChI is InChI=1S/C17H27N7O.C5H13NO/c1-3-5-10-20-17-22-14-24(11-7-6-9-19-8-4-2)13-16(25)21-12-15(18)23-17;1-3-6-4-5-7-2/h4,6-9,12,14H,3,5,10-11,13,18H2,1-2H3,(H,20,23)(H,21,25);6H,3-5H2,1-2H3/b7-6+,8-4-,15-12+,19-9+,22-14+;. The van der Waals surface area contributed by atoms with Crippen LogP contribution in [0.25, 0.3) is 0 Å². The van der Waals surface area contributed by atoms with E-state index < -0.39 is 0 Å². The molecule has 0 radical (unpaired) electrons. The van der Waals surface area contributed by atoms with Crippen molar-refractivity contribution >= 4 is 24.4 Å². The molecule has 0 aliphatic carbocycles. The molecule has 0 bridgehead atoms. The van der Waals surface area contributed by atoms with Crippen LogP contribution < -0.4 is 21.7 Å². The second-order valence-electron chi connectivity index (χ2n) is 6.58. The van der Waals surface area contributed by atoms with Gasteiger partial charge in [-0.15, -0.1) is 0 Å². The lowest BCUT2D eigenvalue weighted by molar-refractivity contribution is -0.120. The van der Waals surface area contributed by atoms with Crippen LogP contribution in [0.2, 0.25) is 0 Å². The summed E-state index contributed by atoms with van der Waals surface area (Å²) in [6.07, 6.45) is 14.0. The number of aliphatic imine (C=N–C) groups is 3.